The van der Waals surface area contributed by atoms with Gasteiger partial charge in [-0.1, -0.05) is 13.0 Å². The van der Waals surface area contributed by atoms with Gasteiger partial charge in [-0.2, -0.15) is 5.26 Å². The molecule has 2 rings (SSSR count). The first-order valence-electron chi connectivity index (χ1n) is 6.81. The third-order valence-corrected chi connectivity index (χ3v) is 5.17. The van der Waals surface area contributed by atoms with Gasteiger partial charge in [0.2, 0.25) is 0 Å². The van der Waals surface area contributed by atoms with Crippen LogP contribution >= 0.6 is 11.6 Å². The summed E-state index contributed by atoms with van der Waals surface area (Å²) in [6, 6.07) is 7.72. The summed E-state index contributed by atoms with van der Waals surface area (Å²) < 4.78 is 13.5. The topological polar surface area (TPSA) is 58.7 Å². The van der Waals surface area contributed by atoms with Crippen molar-refractivity contribution in [3.05, 3.63) is 29.6 Å². The van der Waals surface area contributed by atoms with Gasteiger partial charge in [-0.15, -0.1) is 11.6 Å². The molecule has 0 radical (unpaired) electrons. The maximum atomic E-state index is 11.5. The minimum Gasteiger partial charge on any atom is -0.327 e. The number of hydrogen-bond acceptors (Lipinski definition) is 3. The highest BCUT2D eigenvalue weighted by Crippen LogP contribution is 2.27. The van der Waals surface area contributed by atoms with Crippen LogP contribution in [0.25, 0.3) is 11.0 Å². The number of para-hydroxylation sites is 1. The Labute approximate surface area is 132 Å². The summed E-state index contributed by atoms with van der Waals surface area (Å²) in [6.07, 6.45) is 2.50. The summed E-state index contributed by atoms with van der Waals surface area (Å²) in [4.78, 5) is 4.54. The molecule has 0 saturated carbocycles. The molecule has 0 saturated heterocycles. The number of alkyl halides is 1. The lowest BCUT2D eigenvalue weighted by molar-refractivity contribution is 0.608. The molecule has 0 bridgehead atoms. The maximum absolute atomic E-state index is 11.5. The molecule has 0 amide bonds. The van der Waals surface area contributed by atoms with Crippen molar-refractivity contribution < 1.29 is 4.21 Å². The van der Waals surface area contributed by atoms with Gasteiger partial charge in [0.1, 0.15) is 17.4 Å². The van der Waals surface area contributed by atoms with Crippen LogP contribution < -0.4 is 0 Å². The lowest BCUT2D eigenvalue weighted by Crippen LogP contribution is -2.14. The average molecular weight is 324 g/mol. The Morgan fingerprint density at radius 3 is 2.76 bits per heavy atom. The zero-order valence-electron chi connectivity index (χ0n) is 12.3. The standard InChI is InChI=1S/C15H18ClN3OS/c1-10(21(3)20)7-8-19-13-6-4-5-12(9-17)14(13)18-15(19)11(2)16/h4-6,10-11H,7-8H2,1-3H3. The van der Waals surface area contributed by atoms with Gasteiger partial charge in [-0.3, -0.25) is 4.21 Å². The zero-order chi connectivity index (χ0) is 15.6. The summed E-state index contributed by atoms with van der Waals surface area (Å²) in [5, 5.41) is 9.06. The number of aromatic nitrogens is 2. The van der Waals surface area contributed by atoms with E-state index in [9.17, 15) is 9.47 Å². The predicted octanol–water partition coefficient (Wildman–Crippen LogP) is 3.36. The number of nitrogens with zero attached hydrogens (tertiary/aromatic N) is 3. The van der Waals surface area contributed by atoms with E-state index in [4.69, 9.17) is 11.6 Å². The van der Waals surface area contributed by atoms with Gasteiger partial charge < -0.3 is 4.57 Å². The van der Waals surface area contributed by atoms with Crippen LogP contribution in [0.5, 0.6) is 0 Å². The molecule has 0 fully saturated rings. The van der Waals surface area contributed by atoms with Crippen molar-refractivity contribution in [3.8, 4) is 6.07 Å². The van der Waals surface area contributed by atoms with Gasteiger partial charge in [0.25, 0.3) is 0 Å². The summed E-state index contributed by atoms with van der Waals surface area (Å²) in [5.74, 6) is 0.753. The van der Waals surface area contributed by atoms with E-state index in [1.165, 1.54) is 0 Å². The lowest BCUT2D eigenvalue weighted by atomic mass is 10.2. The molecule has 0 spiro atoms. The van der Waals surface area contributed by atoms with Gasteiger partial charge in [0.15, 0.2) is 0 Å². The largest absolute Gasteiger partial charge is 0.327 e. The highest BCUT2D eigenvalue weighted by molar-refractivity contribution is 7.84. The van der Waals surface area contributed by atoms with Gasteiger partial charge in [-0.05, 0) is 25.5 Å². The highest BCUT2D eigenvalue weighted by atomic mass is 35.5. The molecule has 21 heavy (non-hydrogen) atoms. The Morgan fingerprint density at radius 2 is 2.19 bits per heavy atom. The summed E-state index contributed by atoms with van der Waals surface area (Å²) in [5.41, 5.74) is 2.15. The predicted molar refractivity (Wildman–Crippen MR) is 86.9 cm³/mol. The Morgan fingerprint density at radius 1 is 1.48 bits per heavy atom. The number of fused-ring (bicyclic) bond motifs is 1. The van der Waals surface area contributed by atoms with Crippen molar-refractivity contribution in [2.75, 3.05) is 6.26 Å². The van der Waals surface area contributed by atoms with Gasteiger partial charge in [0.05, 0.1) is 16.5 Å². The molecule has 3 atom stereocenters. The summed E-state index contributed by atoms with van der Waals surface area (Å²) in [7, 11) is -0.848. The molecular weight excluding hydrogens is 306 g/mol. The van der Waals surface area contributed by atoms with E-state index in [0.29, 0.717) is 17.6 Å². The van der Waals surface area contributed by atoms with Crippen molar-refractivity contribution in [1.29, 1.82) is 5.26 Å². The number of nitriles is 1. The fourth-order valence-corrected chi connectivity index (χ4v) is 2.87. The van der Waals surface area contributed by atoms with Crippen LogP contribution in [0.4, 0.5) is 0 Å². The molecule has 1 heterocycles. The maximum Gasteiger partial charge on any atom is 0.127 e. The zero-order valence-corrected chi connectivity index (χ0v) is 13.9. The van der Waals surface area contributed by atoms with Gasteiger partial charge in [-0.25, -0.2) is 4.98 Å². The van der Waals surface area contributed by atoms with E-state index in [2.05, 4.69) is 11.1 Å². The van der Waals surface area contributed by atoms with E-state index in [1.54, 1.807) is 12.3 Å². The molecule has 0 N–H and O–H groups in total. The molecule has 6 heteroatoms. The minimum absolute atomic E-state index is 0.111. The third kappa shape index (κ3) is 3.28. The molecule has 112 valence electrons. The van der Waals surface area contributed by atoms with Crippen LogP contribution in [0.3, 0.4) is 0 Å². The van der Waals surface area contributed by atoms with Crippen molar-refractivity contribution in [2.24, 2.45) is 0 Å². The molecule has 3 unspecified atom stereocenters. The van der Waals surface area contributed by atoms with Crippen LogP contribution in [-0.4, -0.2) is 25.3 Å². The first-order chi connectivity index (χ1) is 9.95. The minimum atomic E-state index is -0.848. The quantitative estimate of drug-likeness (QED) is 0.793. The van der Waals surface area contributed by atoms with Crippen LogP contribution in [0.1, 0.15) is 37.0 Å². The van der Waals surface area contributed by atoms with Crippen LogP contribution in [0.15, 0.2) is 18.2 Å². The van der Waals surface area contributed by atoms with Gasteiger partial charge in [0, 0.05) is 28.9 Å². The van der Waals surface area contributed by atoms with Crippen molar-refractivity contribution in [1.82, 2.24) is 9.55 Å². The molecule has 1 aromatic heterocycles. The Bertz CT molecular complexity index is 718. The fraction of sp³-hybridized carbons (Fsp3) is 0.467. The second kappa shape index (κ2) is 6.59. The number of hydrogen-bond donors (Lipinski definition) is 0. The summed E-state index contributed by atoms with van der Waals surface area (Å²) >= 11 is 6.23. The van der Waals surface area contributed by atoms with E-state index in [0.717, 1.165) is 17.8 Å². The number of rotatable bonds is 5. The Balaban J connectivity index is 2.48. The normalized spacial score (nSPS) is 15.6. The van der Waals surface area contributed by atoms with E-state index < -0.39 is 10.8 Å². The number of imidazole rings is 1. The molecule has 4 nitrogen and oxygen atoms in total. The first-order valence-corrected chi connectivity index (χ1v) is 8.87. The van der Waals surface area contributed by atoms with Crippen LogP contribution in [0.2, 0.25) is 0 Å². The lowest BCUT2D eigenvalue weighted by Gasteiger charge is -2.13. The second-order valence-corrected chi connectivity index (χ2v) is 7.58. The monoisotopic (exact) mass is 323 g/mol. The van der Waals surface area contributed by atoms with Crippen LogP contribution in [-0.2, 0) is 17.3 Å². The smallest absolute Gasteiger partial charge is 0.127 e. The van der Waals surface area contributed by atoms with E-state index >= 15 is 0 Å². The average Bonchev–Trinajstić information content (AvgIpc) is 2.83. The molecule has 0 aliphatic heterocycles. The van der Waals surface area contributed by atoms with E-state index in [1.807, 2.05) is 30.5 Å². The van der Waals surface area contributed by atoms with E-state index in [-0.39, 0.29) is 10.6 Å². The number of aryl methyl sites for hydroxylation is 1. The SMILES string of the molecule is CC(Cl)c1nc2c(C#N)cccc2n1CCC(C)S(C)=O. The molecule has 0 aliphatic rings. The third-order valence-electron chi connectivity index (χ3n) is 3.61. The van der Waals surface area contributed by atoms with Gasteiger partial charge >= 0.3 is 0 Å². The van der Waals surface area contributed by atoms with Crippen molar-refractivity contribution in [3.63, 3.8) is 0 Å². The molecule has 1 aromatic carbocycles. The number of benzene rings is 1. The number of halogens is 1. The molecular formula is C15H18ClN3OS. The fourth-order valence-electron chi connectivity index (χ4n) is 2.27. The van der Waals surface area contributed by atoms with Crippen LogP contribution in [0, 0.1) is 11.3 Å². The molecule has 0 aliphatic carbocycles. The first kappa shape index (κ1) is 16.0. The Kier molecular flexibility index (Phi) is 5.02. The van der Waals surface area contributed by atoms with Crippen molar-refractivity contribution >= 4 is 33.4 Å². The summed E-state index contributed by atoms with van der Waals surface area (Å²) in [6.45, 7) is 4.53. The van der Waals surface area contributed by atoms with Crippen molar-refractivity contribution in [2.45, 2.75) is 37.4 Å². The second-order valence-electron chi connectivity index (χ2n) is 5.12. The highest BCUT2D eigenvalue weighted by Gasteiger charge is 2.18. The molecule has 2 aromatic rings. The Hall–Kier alpha value is -1.38.